The third kappa shape index (κ3) is 2.90. The maximum Gasteiger partial charge on any atom is 0.124 e. The van der Waals surface area contributed by atoms with Crippen LogP contribution in [0.3, 0.4) is 0 Å². The van der Waals surface area contributed by atoms with Crippen LogP contribution < -0.4 is 5.32 Å². The second kappa shape index (κ2) is 5.99. The Balaban J connectivity index is 2.24. The molecule has 1 N–H and O–H groups in total. The standard InChI is InChI=1S/C15H21N3/c1-12-4-5-14(13(2)10-12)15(11-16)18-8-3-6-17-7-9-18/h4-5,10,15,17H,3,6-9H2,1-2H3. The molecular formula is C15H21N3. The van der Waals surface area contributed by atoms with Gasteiger partial charge in [-0.25, -0.2) is 0 Å². The number of nitrogens with zero attached hydrogens (tertiary/aromatic N) is 2. The van der Waals surface area contributed by atoms with Crippen molar-refractivity contribution in [3.05, 3.63) is 34.9 Å². The van der Waals surface area contributed by atoms with Gasteiger partial charge in [0.05, 0.1) is 6.07 Å². The number of hydrogen-bond acceptors (Lipinski definition) is 3. The number of hydrogen-bond donors (Lipinski definition) is 1. The molecule has 0 bridgehead atoms. The molecule has 0 amide bonds. The molecular weight excluding hydrogens is 222 g/mol. The molecule has 1 fully saturated rings. The fourth-order valence-corrected chi connectivity index (χ4v) is 2.61. The van der Waals surface area contributed by atoms with Gasteiger partial charge in [-0.15, -0.1) is 0 Å². The minimum absolute atomic E-state index is 0.106. The van der Waals surface area contributed by atoms with Gasteiger partial charge in [0.2, 0.25) is 0 Å². The zero-order valence-electron chi connectivity index (χ0n) is 11.2. The summed E-state index contributed by atoms with van der Waals surface area (Å²) in [5.74, 6) is 0. The van der Waals surface area contributed by atoms with Crippen LogP contribution in [0.4, 0.5) is 0 Å². The van der Waals surface area contributed by atoms with Gasteiger partial charge < -0.3 is 5.32 Å². The Kier molecular flexibility index (Phi) is 4.35. The maximum atomic E-state index is 9.51. The van der Waals surface area contributed by atoms with E-state index in [2.05, 4.69) is 48.3 Å². The van der Waals surface area contributed by atoms with E-state index in [1.54, 1.807) is 0 Å². The van der Waals surface area contributed by atoms with Crippen molar-refractivity contribution >= 4 is 0 Å². The van der Waals surface area contributed by atoms with Gasteiger partial charge in [0.1, 0.15) is 6.04 Å². The van der Waals surface area contributed by atoms with Crippen molar-refractivity contribution in [1.82, 2.24) is 10.2 Å². The highest BCUT2D eigenvalue weighted by molar-refractivity contribution is 5.35. The molecule has 2 rings (SSSR count). The summed E-state index contributed by atoms with van der Waals surface area (Å²) < 4.78 is 0. The molecule has 0 aliphatic carbocycles. The lowest BCUT2D eigenvalue weighted by Crippen LogP contribution is -2.32. The monoisotopic (exact) mass is 243 g/mol. The maximum absolute atomic E-state index is 9.51. The predicted molar refractivity (Wildman–Crippen MR) is 73.3 cm³/mol. The first-order chi connectivity index (χ1) is 8.72. The van der Waals surface area contributed by atoms with Crippen LogP contribution in [0.2, 0.25) is 0 Å². The second-order valence-electron chi connectivity index (χ2n) is 5.03. The van der Waals surface area contributed by atoms with Crippen molar-refractivity contribution in [2.24, 2.45) is 0 Å². The third-order valence-corrected chi connectivity index (χ3v) is 3.58. The van der Waals surface area contributed by atoms with Crippen LogP contribution in [-0.2, 0) is 0 Å². The molecule has 1 aromatic carbocycles. The molecule has 1 heterocycles. The van der Waals surface area contributed by atoms with Crippen molar-refractivity contribution in [3.63, 3.8) is 0 Å². The SMILES string of the molecule is Cc1ccc(C(C#N)N2CCCNCC2)c(C)c1. The van der Waals surface area contributed by atoms with Crippen molar-refractivity contribution in [2.45, 2.75) is 26.3 Å². The van der Waals surface area contributed by atoms with Gasteiger partial charge in [-0.2, -0.15) is 5.26 Å². The third-order valence-electron chi connectivity index (χ3n) is 3.58. The quantitative estimate of drug-likeness (QED) is 0.865. The minimum atomic E-state index is -0.106. The predicted octanol–water partition coefficient (Wildman–Crippen LogP) is 2.16. The molecule has 0 aromatic heterocycles. The number of nitrogens with one attached hydrogen (secondary N) is 1. The fourth-order valence-electron chi connectivity index (χ4n) is 2.61. The lowest BCUT2D eigenvalue weighted by atomic mass is 9.98. The van der Waals surface area contributed by atoms with Gasteiger partial charge in [-0.3, -0.25) is 4.90 Å². The van der Waals surface area contributed by atoms with E-state index in [9.17, 15) is 5.26 Å². The van der Waals surface area contributed by atoms with Crippen LogP contribution in [0.25, 0.3) is 0 Å². The van der Waals surface area contributed by atoms with Crippen LogP contribution in [0.5, 0.6) is 0 Å². The zero-order chi connectivity index (χ0) is 13.0. The smallest absolute Gasteiger partial charge is 0.124 e. The summed E-state index contributed by atoms with van der Waals surface area (Å²) in [5, 5.41) is 12.9. The minimum Gasteiger partial charge on any atom is -0.315 e. The van der Waals surface area contributed by atoms with E-state index in [0.29, 0.717) is 0 Å². The zero-order valence-corrected chi connectivity index (χ0v) is 11.2. The molecule has 1 saturated heterocycles. The number of benzene rings is 1. The Morgan fingerprint density at radius 1 is 1.28 bits per heavy atom. The van der Waals surface area contributed by atoms with Crippen molar-refractivity contribution in [1.29, 1.82) is 5.26 Å². The molecule has 1 atom stereocenters. The van der Waals surface area contributed by atoms with E-state index < -0.39 is 0 Å². The van der Waals surface area contributed by atoms with Crippen LogP contribution >= 0.6 is 0 Å². The molecule has 96 valence electrons. The van der Waals surface area contributed by atoms with Crippen LogP contribution in [0.1, 0.15) is 29.2 Å². The first-order valence-electron chi connectivity index (χ1n) is 6.64. The summed E-state index contributed by atoms with van der Waals surface area (Å²) in [6.07, 6.45) is 1.11. The normalized spacial score (nSPS) is 18.9. The number of nitriles is 1. The summed E-state index contributed by atoms with van der Waals surface area (Å²) in [6.45, 7) is 8.17. The van der Waals surface area contributed by atoms with Crippen LogP contribution in [-0.4, -0.2) is 31.1 Å². The molecule has 3 nitrogen and oxygen atoms in total. The molecule has 1 unspecified atom stereocenters. The Hall–Kier alpha value is -1.37. The van der Waals surface area contributed by atoms with E-state index in [1.807, 2.05) is 0 Å². The number of rotatable bonds is 2. The molecule has 1 aliphatic heterocycles. The number of aryl methyl sites for hydroxylation is 2. The lowest BCUT2D eigenvalue weighted by molar-refractivity contribution is 0.252. The van der Waals surface area contributed by atoms with E-state index >= 15 is 0 Å². The van der Waals surface area contributed by atoms with E-state index in [4.69, 9.17) is 0 Å². The largest absolute Gasteiger partial charge is 0.315 e. The van der Waals surface area contributed by atoms with Crippen LogP contribution in [0.15, 0.2) is 18.2 Å². The van der Waals surface area contributed by atoms with Gasteiger partial charge in [0.15, 0.2) is 0 Å². The van der Waals surface area contributed by atoms with Crippen molar-refractivity contribution in [2.75, 3.05) is 26.2 Å². The van der Waals surface area contributed by atoms with Gasteiger partial charge in [-0.05, 0) is 37.9 Å². The molecule has 3 heteroatoms. The summed E-state index contributed by atoms with van der Waals surface area (Å²) in [7, 11) is 0. The molecule has 1 aliphatic rings. The Labute approximate surface area is 109 Å². The van der Waals surface area contributed by atoms with Crippen LogP contribution in [0, 0.1) is 25.2 Å². The van der Waals surface area contributed by atoms with Crippen molar-refractivity contribution < 1.29 is 0 Å². The van der Waals surface area contributed by atoms with Gasteiger partial charge in [-0.1, -0.05) is 23.8 Å². The highest BCUT2D eigenvalue weighted by atomic mass is 15.2. The summed E-state index contributed by atoms with van der Waals surface area (Å²) in [6, 6.07) is 8.74. The van der Waals surface area contributed by atoms with Gasteiger partial charge >= 0.3 is 0 Å². The molecule has 1 aromatic rings. The summed E-state index contributed by atoms with van der Waals surface area (Å²) in [5.41, 5.74) is 3.63. The molecule has 0 saturated carbocycles. The second-order valence-corrected chi connectivity index (χ2v) is 5.03. The Morgan fingerprint density at radius 3 is 2.83 bits per heavy atom. The van der Waals surface area contributed by atoms with Gasteiger partial charge in [0.25, 0.3) is 0 Å². The van der Waals surface area contributed by atoms with E-state index in [-0.39, 0.29) is 6.04 Å². The lowest BCUT2D eigenvalue weighted by Gasteiger charge is -2.26. The highest BCUT2D eigenvalue weighted by Gasteiger charge is 2.22. The molecule has 18 heavy (non-hydrogen) atoms. The average molecular weight is 243 g/mol. The van der Waals surface area contributed by atoms with E-state index in [0.717, 1.165) is 38.2 Å². The first-order valence-corrected chi connectivity index (χ1v) is 6.64. The fraction of sp³-hybridized carbons (Fsp3) is 0.533. The van der Waals surface area contributed by atoms with Crippen molar-refractivity contribution in [3.8, 4) is 6.07 Å². The van der Waals surface area contributed by atoms with Gasteiger partial charge in [0, 0.05) is 19.6 Å². The highest BCUT2D eigenvalue weighted by Crippen LogP contribution is 2.24. The molecule has 0 radical (unpaired) electrons. The molecule has 0 spiro atoms. The average Bonchev–Trinajstić information content (AvgIpc) is 2.62. The Morgan fingerprint density at radius 2 is 2.11 bits per heavy atom. The Bertz CT molecular complexity index is 440. The first kappa shape index (κ1) is 13.1. The van der Waals surface area contributed by atoms with E-state index in [1.165, 1.54) is 11.1 Å². The topological polar surface area (TPSA) is 39.1 Å². The summed E-state index contributed by atoms with van der Waals surface area (Å²) in [4.78, 5) is 2.29. The summed E-state index contributed by atoms with van der Waals surface area (Å²) >= 11 is 0.